The van der Waals surface area contributed by atoms with Crippen LogP contribution >= 0.6 is 34.8 Å². The number of nitrogens with one attached hydrogen (secondary N) is 1. The summed E-state index contributed by atoms with van der Waals surface area (Å²) in [7, 11) is 0. The van der Waals surface area contributed by atoms with E-state index < -0.39 is 0 Å². The zero-order valence-corrected chi connectivity index (χ0v) is 14.4. The van der Waals surface area contributed by atoms with E-state index >= 15 is 0 Å². The predicted octanol–water partition coefficient (Wildman–Crippen LogP) is 5.17. The summed E-state index contributed by atoms with van der Waals surface area (Å²) >= 11 is 18.5. The van der Waals surface area contributed by atoms with Gasteiger partial charge in [-0.2, -0.15) is 0 Å². The first-order valence-electron chi connectivity index (χ1n) is 7.25. The highest BCUT2D eigenvalue weighted by atomic mass is 35.5. The van der Waals surface area contributed by atoms with Crippen LogP contribution in [0.3, 0.4) is 0 Å². The molecule has 0 aliphatic heterocycles. The van der Waals surface area contributed by atoms with Gasteiger partial charge in [0.15, 0.2) is 10.9 Å². The Balaban J connectivity index is 1.90. The van der Waals surface area contributed by atoms with E-state index in [1.54, 1.807) is 12.1 Å². The minimum Gasteiger partial charge on any atom is -0.434 e. The molecular formula is C15H15Cl3N4O. The van der Waals surface area contributed by atoms with Crippen molar-refractivity contribution in [1.82, 2.24) is 10.2 Å². The van der Waals surface area contributed by atoms with Crippen LogP contribution in [0.5, 0.6) is 11.6 Å². The summed E-state index contributed by atoms with van der Waals surface area (Å²) in [6, 6.07) is 5.04. The summed E-state index contributed by atoms with van der Waals surface area (Å²) in [6.45, 7) is 0. The highest BCUT2D eigenvalue weighted by Crippen LogP contribution is 2.41. The van der Waals surface area contributed by atoms with Crippen LogP contribution in [0.15, 0.2) is 18.2 Å². The van der Waals surface area contributed by atoms with E-state index in [-0.39, 0.29) is 0 Å². The van der Waals surface area contributed by atoms with E-state index in [9.17, 15) is 0 Å². The first kappa shape index (κ1) is 16.6. The SMILES string of the molecule is NNc1cc(Cl)c(Oc2cc(C3CCCC3)c(Cl)nn2)c(Cl)c1. The zero-order chi connectivity index (χ0) is 16.4. The minimum atomic E-state index is 0.307. The average molecular weight is 374 g/mol. The number of rotatable bonds is 4. The largest absolute Gasteiger partial charge is 0.434 e. The third-order valence-electron chi connectivity index (χ3n) is 3.92. The van der Waals surface area contributed by atoms with Gasteiger partial charge in [-0.15, -0.1) is 10.2 Å². The lowest BCUT2D eigenvalue weighted by Crippen LogP contribution is -2.06. The Morgan fingerprint density at radius 1 is 1.04 bits per heavy atom. The Hall–Kier alpha value is -1.27. The van der Waals surface area contributed by atoms with Gasteiger partial charge in [-0.05, 0) is 36.5 Å². The average Bonchev–Trinajstić information content (AvgIpc) is 3.06. The Labute approximate surface area is 149 Å². The molecule has 1 saturated carbocycles. The van der Waals surface area contributed by atoms with Crippen LogP contribution in [-0.2, 0) is 0 Å². The van der Waals surface area contributed by atoms with Crippen LogP contribution in [0.25, 0.3) is 0 Å². The standard InChI is InChI=1S/C15H15Cl3N4O/c16-11-5-9(20-19)6-12(17)14(11)23-13-7-10(15(18)22-21-13)8-3-1-2-4-8/h5-8,20H,1-4,19H2. The van der Waals surface area contributed by atoms with Gasteiger partial charge in [0, 0.05) is 6.07 Å². The zero-order valence-electron chi connectivity index (χ0n) is 12.2. The lowest BCUT2D eigenvalue weighted by Gasteiger charge is -2.14. The molecule has 1 aliphatic rings. The van der Waals surface area contributed by atoms with Gasteiger partial charge in [0.1, 0.15) is 0 Å². The maximum atomic E-state index is 6.18. The minimum absolute atomic E-state index is 0.307. The summed E-state index contributed by atoms with van der Waals surface area (Å²) in [5.74, 6) is 6.37. The van der Waals surface area contributed by atoms with E-state index in [0.717, 1.165) is 18.4 Å². The van der Waals surface area contributed by atoms with Gasteiger partial charge in [0.25, 0.3) is 0 Å². The van der Waals surface area contributed by atoms with E-state index in [4.69, 9.17) is 45.4 Å². The number of ether oxygens (including phenoxy) is 1. The summed E-state index contributed by atoms with van der Waals surface area (Å²) in [5, 5.41) is 9.02. The second-order valence-electron chi connectivity index (χ2n) is 5.43. The van der Waals surface area contributed by atoms with Crippen molar-refractivity contribution in [3.63, 3.8) is 0 Å². The predicted molar refractivity (Wildman–Crippen MR) is 92.6 cm³/mol. The molecule has 122 valence electrons. The Morgan fingerprint density at radius 2 is 1.70 bits per heavy atom. The molecule has 0 radical (unpaired) electrons. The Morgan fingerprint density at radius 3 is 2.30 bits per heavy atom. The quantitative estimate of drug-likeness (QED) is 0.571. The van der Waals surface area contributed by atoms with Crippen LogP contribution in [-0.4, -0.2) is 10.2 Å². The van der Waals surface area contributed by atoms with Crippen molar-refractivity contribution >= 4 is 40.5 Å². The van der Waals surface area contributed by atoms with Gasteiger partial charge in [-0.3, -0.25) is 5.84 Å². The van der Waals surface area contributed by atoms with Crippen LogP contribution < -0.4 is 16.0 Å². The van der Waals surface area contributed by atoms with Crippen molar-refractivity contribution < 1.29 is 4.74 Å². The highest BCUT2D eigenvalue weighted by Gasteiger charge is 2.22. The molecule has 1 fully saturated rings. The van der Waals surface area contributed by atoms with Crippen molar-refractivity contribution in [2.24, 2.45) is 5.84 Å². The van der Waals surface area contributed by atoms with Crippen molar-refractivity contribution in [2.75, 3.05) is 5.43 Å². The van der Waals surface area contributed by atoms with Gasteiger partial charge in [-0.1, -0.05) is 47.6 Å². The van der Waals surface area contributed by atoms with Crippen LogP contribution in [0.4, 0.5) is 5.69 Å². The van der Waals surface area contributed by atoms with E-state index in [1.165, 1.54) is 12.8 Å². The summed E-state index contributed by atoms with van der Waals surface area (Å²) in [4.78, 5) is 0. The number of nitrogen functional groups attached to an aromatic ring is 1. The number of hydrogen-bond acceptors (Lipinski definition) is 5. The molecule has 8 heteroatoms. The van der Waals surface area contributed by atoms with E-state index in [2.05, 4.69) is 15.6 Å². The number of nitrogens with zero attached hydrogens (tertiary/aromatic N) is 2. The second kappa shape index (κ2) is 7.09. The molecule has 1 aromatic carbocycles. The van der Waals surface area contributed by atoms with Crippen molar-refractivity contribution in [1.29, 1.82) is 0 Å². The monoisotopic (exact) mass is 372 g/mol. The molecule has 3 rings (SSSR count). The smallest absolute Gasteiger partial charge is 0.239 e. The molecule has 0 unspecified atom stereocenters. The maximum absolute atomic E-state index is 6.18. The van der Waals surface area contributed by atoms with Gasteiger partial charge in [0.05, 0.1) is 15.7 Å². The lowest BCUT2D eigenvalue weighted by atomic mass is 10.0. The molecule has 5 nitrogen and oxygen atoms in total. The molecule has 3 N–H and O–H groups in total. The fourth-order valence-electron chi connectivity index (χ4n) is 2.79. The molecule has 0 spiro atoms. The van der Waals surface area contributed by atoms with E-state index in [0.29, 0.717) is 38.4 Å². The molecule has 2 aromatic rings. The van der Waals surface area contributed by atoms with Crippen LogP contribution in [0.1, 0.15) is 37.2 Å². The number of hydrazine groups is 1. The molecule has 0 bridgehead atoms. The fourth-order valence-corrected chi connectivity index (χ4v) is 3.60. The molecule has 1 aliphatic carbocycles. The normalized spacial score (nSPS) is 15.0. The van der Waals surface area contributed by atoms with Gasteiger partial charge < -0.3 is 10.2 Å². The third kappa shape index (κ3) is 3.63. The number of hydrogen-bond donors (Lipinski definition) is 2. The molecule has 0 atom stereocenters. The summed E-state index contributed by atoms with van der Waals surface area (Å²) in [6.07, 6.45) is 4.60. The Bertz CT molecular complexity index is 697. The van der Waals surface area contributed by atoms with E-state index in [1.807, 2.05) is 6.07 Å². The molecular weight excluding hydrogens is 359 g/mol. The maximum Gasteiger partial charge on any atom is 0.239 e. The van der Waals surface area contributed by atoms with Crippen LogP contribution in [0, 0.1) is 0 Å². The molecule has 0 amide bonds. The lowest BCUT2D eigenvalue weighted by molar-refractivity contribution is 0.453. The highest BCUT2D eigenvalue weighted by molar-refractivity contribution is 6.37. The third-order valence-corrected chi connectivity index (χ3v) is 4.78. The number of nitrogens with two attached hydrogens (primary N) is 1. The topological polar surface area (TPSA) is 73.1 Å². The van der Waals surface area contributed by atoms with Crippen molar-refractivity contribution in [3.05, 3.63) is 39.0 Å². The number of benzene rings is 1. The summed E-state index contributed by atoms with van der Waals surface area (Å²) < 4.78 is 5.73. The first-order chi connectivity index (χ1) is 11.1. The van der Waals surface area contributed by atoms with Crippen molar-refractivity contribution in [2.45, 2.75) is 31.6 Å². The first-order valence-corrected chi connectivity index (χ1v) is 8.38. The number of anilines is 1. The summed E-state index contributed by atoms with van der Waals surface area (Å²) in [5.41, 5.74) is 4.03. The fraction of sp³-hybridized carbons (Fsp3) is 0.333. The van der Waals surface area contributed by atoms with Crippen LogP contribution in [0.2, 0.25) is 15.2 Å². The van der Waals surface area contributed by atoms with Gasteiger partial charge in [-0.25, -0.2) is 0 Å². The molecule has 0 saturated heterocycles. The number of halogens is 3. The Kier molecular flexibility index (Phi) is 5.11. The van der Waals surface area contributed by atoms with Crippen molar-refractivity contribution in [3.8, 4) is 11.6 Å². The van der Waals surface area contributed by atoms with Gasteiger partial charge in [0.2, 0.25) is 5.88 Å². The molecule has 1 aromatic heterocycles. The number of aromatic nitrogens is 2. The molecule has 23 heavy (non-hydrogen) atoms. The molecule has 1 heterocycles. The second-order valence-corrected chi connectivity index (χ2v) is 6.60. The van der Waals surface area contributed by atoms with Gasteiger partial charge >= 0.3 is 0 Å².